The number of urea groups is 1. The van der Waals surface area contributed by atoms with E-state index in [2.05, 4.69) is 16.0 Å². The number of amides is 4. The number of carbonyl (C=O) groups is 3. The Morgan fingerprint density at radius 3 is 2.46 bits per heavy atom. The van der Waals surface area contributed by atoms with E-state index in [9.17, 15) is 14.4 Å². The largest absolute Gasteiger partial charge is 0.490 e. The average Bonchev–Trinajstić information content (AvgIpc) is 2.81. The van der Waals surface area contributed by atoms with Crippen molar-refractivity contribution < 1.29 is 23.9 Å². The molecule has 2 aliphatic rings. The number of likely N-dealkylation sites (N-methyl/N-ethyl adjacent to an activating group) is 1. The number of benzene rings is 2. The predicted octanol–water partition coefficient (Wildman–Crippen LogP) is 3.46. The number of ether oxygens (including phenoxy) is 2. The third kappa shape index (κ3) is 5.74. The van der Waals surface area contributed by atoms with Crippen molar-refractivity contribution >= 4 is 29.2 Å². The van der Waals surface area contributed by atoms with Crippen molar-refractivity contribution in [3.05, 3.63) is 53.1 Å². The molecular formula is C26H32N4O5. The van der Waals surface area contributed by atoms with Gasteiger partial charge in [0.2, 0.25) is 5.91 Å². The average molecular weight is 481 g/mol. The summed E-state index contributed by atoms with van der Waals surface area (Å²) in [4.78, 5) is 39.4. The van der Waals surface area contributed by atoms with Gasteiger partial charge >= 0.3 is 6.03 Å². The topological polar surface area (TPSA) is 109 Å². The van der Waals surface area contributed by atoms with E-state index in [1.165, 1.54) is 0 Å². The Balaban J connectivity index is 1.47. The Hall–Kier alpha value is -3.59. The SMILES string of the molecule is CNC(=O)C[C@H]1CC[C@@H]2[C@H](COc3ccc(NC(=O)Nc4cc(C)cc(C)c4)cc3C(=O)N2C)O1. The Kier molecular flexibility index (Phi) is 7.25. The molecule has 0 aromatic heterocycles. The van der Waals surface area contributed by atoms with E-state index in [4.69, 9.17) is 9.47 Å². The molecule has 186 valence electrons. The van der Waals surface area contributed by atoms with Crippen LogP contribution in [0.2, 0.25) is 0 Å². The molecule has 9 heteroatoms. The summed E-state index contributed by atoms with van der Waals surface area (Å²) in [7, 11) is 3.36. The lowest BCUT2D eigenvalue weighted by Gasteiger charge is -2.42. The first-order valence-electron chi connectivity index (χ1n) is 11.8. The molecule has 35 heavy (non-hydrogen) atoms. The molecule has 2 aromatic carbocycles. The van der Waals surface area contributed by atoms with Gasteiger partial charge in [0, 0.05) is 25.5 Å². The first-order chi connectivity index (χ1) is 16.7. The van der Waals surface area contributed by atoms with Gasteiger partial charge in [-0.25, -0.2) is 4.79 Å². The van der Waals surface area contributed by atoms with Gasteiger partial charge in [0.25, 0.3) is 5.91 Å². The van der Waals surface area contributed by atoms with Crippen molar-refractivity contribution in [1.29, 1.82) is 0 Å². The highest BCUT2D eigenvalue weighted by Gasteiger charge is 2.39. The van der Waals surface area contributed by atoms with Crippen LogP contribution in [-0.2, 0) is 9.53 Å². The van der Waals surface area contributed by atoms with E-state index in [1.54, 1.807) is 37.2 Å². The van der Waals surface area contributed by atoms with E-state index in [0.29, 0.717) is 35.5 Å². The van der Waals surface area contributed by atoms with Crippen molar-refractivity contribution in [3.63, 3.8) is 0 Å². The standard InChI is InChI=1S/C26H32N4O5/c1-15-9-16(2)11-18(10-15)29-26(33)28-17-5-8-22-20(12-17)25(32)30(4)21-7-6-19(13-24(31)27-3)35-23(21)14-34-22/h5,8-12,19,21,23H,6-7,13-14H2,1-4H3,(H,27,31)(H2,28,29,33)/t19-,21-,23+/m1/s1. The number of nitrogens with zero attached hydrogens (tertiary/aromatic N) is 1. The summed E-state index contributed by atoms with van der Waals surface area (Å²) in [5.74, 6) is 0.149. The van der Waals surface area contributed by atoms with Crippen molar-refractivity contribution in [1.82, 2.24) is 10.2 Å². The normalized spacial score (nSPS) is 21.5. The molecule has 4 rings (SSSR count). The van der Waals surface area contributed by atoms with Gasteiger partial charge in [0.15, 0.2) is 0 Å². The molecule has 4 amide bonds. The summed E-state index contributed by atoms with van der Waals surface area (Å²) in [5, 5.41) is 8.25. The minimum absolute atomic E-state index is 0.0726. The van der Waals surface area contributed by atoms with Gasteiger partial charge in [-0.3, -0.25) is 9.59 Å². The van der Waals surface area contributed by atoms with Crippen LogP contribution in [0.3, 0.4) is 0 Å². The number of aryl methyl sites for hydroxylation is 2. The molecule has 9 nitrogen and oxygen atoms in total. The highest BCUT2D eigenvalue weighted by atomic mass is 16.5. The molecule has 1 fully saturated rings. The molecule has 3 atom stereocenters. The van der Waals surface area contributed by atoms with Crippen LogP contribution in [0, 0.1) is 13.8 Å². The number of fused-ring (bicyclic) bond motifs is 2. The van der Waals surface area contributed by atoms with Gasteiger partial charge in [-0.2, -0.15) is 0 Å². The molecule has 0 bridgehead atoms. The van der Waals surface area contributed by atoms with Crippen LogP contribution in [0.5, 0.6) is 5.75 Å². The van der Waals surface area contributed by atoms with E-state index in [1.807, 2.05) is 32.0 Å². The summed E-state index contributed by atoms with van der Waals surface area (Å²) in [6, 6.07) is 10.3. The quantitative estimate of drug-likeness (QED) is 0.621. The molecule has 0 radical (unpaired) electrons. The molecule has 0 saturated carbocycles. The molecule has 1 saturated heterocycles. The van der Waals surface area contributed by atoms with E-state index < -0.39 is 6.03 Å². The number of rotatable bonds is 4. The highest BCUT2D eigenvalue weighted by Crippen LogP contribution is 2.32. The maximum atomic E-state index is 13.4. The molecule has 0 spiro atoms. The summed E-state index contributed by atoms with van der Waals surface area (Å²) >= 11 is 0. The van der Waals surface area contributed by atoms with Gasteiger partial charge < -0.3 is 30.3 Å². The lowest BCUT2D eigenvalue weighted by Crippen LogP contribution is -2.53. The maximum Gasteiger partial charge on any atom is 0.323 e. The predicted molar refractivity (Wildman–Crippen MR) is 133 cm³/mol. The summed E-state index contributed by atoms with van der Waals surface area (Å²) in [5.41, 5.74) is 3.67. The van der Waals surface area contributed by atoms with E-state index in [0.717, 1.165) is 11.1 Å². The number of anilines is 2. The fourth-order valence-corrected chi connectivity index (χ4v) is 4.75. The van der Waals surface area contributed by atoms with Crippen LogP contribution in [0.25, 0.3) is 0 Å². The summed E-state index contributed by atoms with van der Waals surface area (Å²) in [6.45, 7) is 4.20. The molecule has 2 heterocycles. The molecule has 3 N–H and O–H groups in total. The van der Waals surface area contributed by atoms with Crippen LogP contribution in [-0.4, -0.2) is 61.7 Å². The summed E-state index contributed by atoms with van der Waals surface area (Å²) in [6.07, 6.45) is 1.14. The molecule has 2 aromatic rings. The summed E-state index contributed by atoms with van der Waals surface area (Å²) < 4.78 is 12.1. The van der Waals surface area contributed by atoms with Gasteiger partial charge in [0.05, 0.1) is 24.1 Å². The Morgan fingerprint density at radius 2 is 1.74 bits per heavy atom. The van der Waals surface area contributed by atoms with E-state index in [-0.39, 0.29) is 43.1 Å². The fourth-order valence-electron chi connectivity index (χ4n) is 4.75. The highest BCUT2D eigenvalue weighted by molar-refractivity contribution is 6.02. The Morgan fingerprint density at radius 1 is 1.03 bits per heavy atom. The van der Waals surface area contributed by atoms with Crippen LogP contribution in [0.1, 0.15) is 40.7 Å². The van der Waals surface area contributed by atoms with Crippen LogP contribution < -0.4 is 20.7 Å². The van der Waals surface area contributed by atoms with Crippen molar-refractivity contribution in [2.75, 3.05) is 31.3 Å². The third-order valence-electron chi connectivity index (χ3n) is 6.44. The second-order valence-electron chi connectivity index (χ2n) is 9.21. The third-order valence-corrected chi connectivity index (χ3v) is 6.44. The zero-order chi connectivity index (χ0) is 25.1. The Bertz CT molecular complexity index is 1110. The zero-order valence-corrected chi connectivity index (χ0v) is 20.5. The minimum Gasteiger partial charge on any atom is -0.490 e. The first-order valence-corrected chi connectivity index (χ1v) is 11.8. The first kappa shape index (κ1) is 24.5. The number of nitrogens with one attached hydrogen (secondary N) is 3. The van der Waals surface area contributed by atoms with Gasteiger partial charge in [-0.1, -0.05) is 6.07 Å². The van der Waals surface area contributed by atoms with Crippen molar-refractivity contribution in [3.8, 4) is 5.75 Å². The lowest BCUT2D eigenvalue weighted by molar-refractivity contribution is -0.133. The zero-order valence-electron chi connectivity index (χ0n) is 20.5. The van der Waals surface area contributed by atoms with Crippen LogP contribution in [0.15, 0.2) is 36.4 Å². The second-order valence-corrected chi connectivity index (χ2v) is 9.21. The number of carbonyl (C=O) groups excluding carboxylic acids is 3. The van der Waals surface area contributed by atoms with Crippen molar-refractivity contribution in [2.45, 2.75) is 51.4 Å². The molecule has 0 aliphatic carbocycles. The van der Waals surface area contributed by atoms with E-state index >= 15 is 0 Å². The lowest BCUT2D eigenvalue weighted by atomic mass is 9.94. The molecule has 0 unspecified atom stereocenters. The maximum absolute atomic E-state index is 13.4. The number of hydrogen-bond acceptors (Lipinski definition) is 5. The minimum atomic E-state index is -0.398. The smallest absolute Gasteiger partial charge is 0.323 e. The van der Waals surface area contributed by atoms with Gasteiger partial charge in [0.1, 0.15) is 18.5 Å². The van der Waals surface area contributed by atoms with Crippen molar-refractivity contribution in [2.24, 2.45) is 0 Å². The molecular weight excluding hydrogens is 448 g/mol. The molecule has 2 aliphatic heterocycles. The Labute approximate surface area is 205 Å². The fraction of sp³-hybridized carbons (Fsp3) is 0.423. The van der Waals surface area contributed by atoms with Crippen LogP contribution >= 0.6 is 0 Å². The number of hydrogen-bond donors (Lipinski definition) is 3. The van der Waals surface area contributed by atoms with Crippen LogP contribution in [0.4, 0.5) is 16.2 Å². The second kappa shape index (κ2) is 10.4. The monoisotopic (exact) mass is 480 g/mol. The van der Waals surface area contributed by atoms with Gasteiger partial charge in [-0.05, 0) is 68.1 Å². The van der Waals surface area contributed by atoms with Gasteiger partial charge in [-0.15, -0.1) is 0 Å².